The van der Waals surface area contributed by atoms with Crippen LogP contribution in [-0.2, 0) is 5.54 Å². The summed E-state index contributed by atoms with van der Waals surface area (Å²) in [7, 11) is 3.73. The average molecular weight is 451 g/mol. The van der Waals surface area contributed by atoms with Crippen LogP contribution in [0.5, 0.6) is 0 Å². The summed E-state index contributed by atoms with van der Waals surface area (Å²) in [6, 6.07) is 20.4. The number of ketones is 1. The Bertz CT molecular complexity index is 1300. The molecule has 4 rings (SSSR count). The van der Waals surface area contributed by atoms with Crippen LogP contribution in [0.25, 0.3) is 0 Å². The smallest absolute Gasteiger partial charge is 0.238 e. The van der Waals surface area contributed by atoms with E-state index in [1.54, 1.807) is 0 Å². The van der Waals surface area contributed by atoms with E-state index < -0.39 is 16.6 Å². The topological polar surface area (TPSA) is 71.1 Å². The molecule has 0 N–H and O–H groups in total. The molecule has 2 aliphatic rings. The predicted octanol–water partition coefficient (Wildman–Crippen LogP) is 5.04. The second-order valence-corrected chi connectivity index (χ2v) is 10.1. The van der Waals surface area contributed by atoms with Crippen LogP contribution in [0.4, 0.5) is 0 Å². The van der Waals surface area contributed by atoms with Crippen LogP contribution in [0.3, 0.4) is 0 Å². The Balaban J connectivity index is 2.08. The van der Waals surface area contributed by atoms with Gasteiger partial charge in [0, 0.05) is 30.8 Å². The van der Waals surface area contributed by atoms with Crippen molar-refractivity contribution < 1.29 is 4.79 Å². The number of likely N-dealkylation sites (N-methyl/N-ethyl adjacent to an activating group) is 1. The number of Topliss-reactive ketones (excluding diaryl/α,β-unsaturated/α-hetero) is 1. The first-order chi connectivity index (χ1) is 16.0. The minimum atomic E-state index is -1.56. The van der Waals surface area contributed by atoms with E-state index in [4.69, 9.17) is 0 Å². The number of hydrogen-bond donors (Lipinski definition) is 0. The van der Waals surface area contributed by atoms with Gasteiger partial charge in [0.2, 0.25) is 5.54 Å². The van der Waals surface area contributed by atoms with Crippen molar-refractivity contribution in [3.05, 3.63) is 93.7 Å². The molecule has 1 atom stereocenters. The van der Waals surface area contributed by atoms with Crippen LogP contribution in [0.15, 0.2) is 71.5 Å². The predicted molar refractivity (Wildman–Crippen MR) is 133 cm³/mol. The van der Waals surface area contributed by atoms with Gasteiger partial charge in [0.05, 0.1) is 11.2 Å². The highest BCUT2D eigenvalue weighted by molar-refractivity contribution is 6.11. The molecule has 0 bridgehead atoms. The molecule has 0 spiro atoms. The minimum absolute atomic E-state index is 0.0881. The van der Waals surface area contributed by atoms with E-state index in [-0.39, 0.29) is 5.78 Å². The first-order valence-corrected chi connectivity index (χ1v) is 11.4. The number of aryl methyl sites for hydroxylation is 2. The monoisotopic (exact) mass is 450 g/mol. The van der Waals surface area contributed by atoms with Gasteiger partial charge in [-0.15, -0.1) is 0 Å². The largest absolute Gasteiger partial charge is 0.378 e. The number of nitrogens with zero attached hydrogens (tertiary/aromatic N) is 4. The lowest BCUT2D eigenvalue weighted by molar-refractivity contribution is 0.0575. The molecule has 172 valence electrons. The van der Waals surface area contributed by atoms with Crippen molar-refractivity contribution in [3.63, 3.8) is 0 Å². The third kappa shape index (κ3) is 2.91. The standard InChI is InChI=1S/C29H30N4O/c1-19-8-12-22(13-9-19)25(34)24-16-29(23-14-10-20(2)11-15-23)21(3)26(32(6)7)28(17-30,18-31)33(29)27(24,4)5/h8-16H,1-7H3. The summed E-state index contributed by atoms with van der Waals surface area (Å²) in [6.07, 6.45) is 2.00. The van der Waals surface area contributed by atoms with Crippen molar-refractivity contribution in [3.8, 4) is 12.1 Å². The molecule has 2 aliphatic heterocycles. The lowest BCUT2D eigenvalue weighted by Crippen LogP contribution is -2.60. The normalized spacial score (nSPS) is 22.6. The van der Waals surface area contributed by atoms with Crippen LogP contribution >= 0.6 is 0 Å². The summed E-state index contributed by atoms with van der Waals surface area (Å²) in [5, 5.41) is 21.1. The minimum Gasteiger partial charge on any atom is -0.378 e. The summed E-state index contributed by atoms with van der Waals surface area (Å²) in [4.78, 5) is 17.7. The van der Waals surface area contributed by atoms with Crippen LogP contribution < -0.4 is 0 Å². The zero-order valence-electron chi connectivity index (χ0n) is 20.9. The van der Waals surface area contributed by atoms with E-state index in [0.29, 0.717) is 16.8 Å². The first-order valence-electron chi connectivity index (χ1n) is 11.4. The zero-order chi connectivity index (χ0) is 25.1. The van der Waals surface area contributed by atoms with Gasteiger partial charge < -0.3 is 4.90 Å². The van der Waals surface area contributed by atoms with Gasteiger partial charge in [0.15, 0.2) is 5.78 Å². The first kappa shape index (κ1) is 23.5. The molecule has 0 aromatic heterocycles. The summed E-state index contributed by atoms with van der Waals surface area (Å²) < 4.78 is 0. The van der Waals surface area contributed by atoms with Crippen molar-refractivity contribution in [1.82, 2.24) is 9.80 Å². The van der Waals surface area contributed by atoms with Crippen molar-refractivity contribution in [1.29, 1.82) is 10.5 Å². The average Bonchev–Trinajstić information content (AvgIpc) is 3.19. The lowest BCUT2D eigenvalue weighted by atomic mass is 9.83. The van der Waals surface area contributed by atoms with Crippen LogP contribution in [-0.4, -0.2) is 40.8 Å². The third-order valence-electron chi connectivity index (χ3n) is 7.35. The maximum atomic E-state index is 13.9. The van der Waals surface area contributed by atoms with Gasteiger partial charge in [0.25, 0.3) is 0 Å². The SMILES string of the molecule is CC1=C(N(C)C)C(C#N)(C#N)N2C(C)(C)C(C(=O)c3ccc(C)cc3)=CC12c1ccc(C)cc1. The Morgan fingerprint density at radius 1 is 0.882 bits per heavy atom. The summed E-state index contributed by atoms with van der Waals surface area (Å²) in [5.41, 5.74) is 2.49. The molecule has 5 heteroatoms. The lowest BCUT2D eigenvalue weighted by Gasteiger charge is -2.46. The van der Waals surface area contributed by atoms with Gasteiger partial charge in [-0.2, -0.15) is 10.5 Å². The van der Waals surface area contributed by atoms with Crippen LogP contribution in [0.1, 0.15) is 47.8 Å². The maximum absolute atomic E-state index is 13.9. The highest BCUT2D eigenvalue weighted by Crippen LogP contribution is 2.61. The number of benzene rings is 2. The van der Waals surface area contributed by atoms with Crippen molar-refractivity contribution in [2.24, 2.45) is 0 Å². The highest BCUT2D eigenvalue weighted by atomic mass is 16.1. The number of nitriles is 2. The van der Waals surface area contributed by atoms with E-state index in [0.717, 1.165) is 22.3 Å². The molecule has 2 aromatic carbocycles. The Labute approximate surface area is 202 Å². The fourth-order valence-electron chi connectivity index (χ4n) is 5.86. The second kappa shape index (κ2) is 7.69. The molecule has 0 saturated carbocycles. The highest BCUT2D eigenvalue weighted by Gasteiger charge is 2.69. The quantitative estimate of drug-likeness (QED) is 0.611. The molecule has 0 fully saturated rings. The molecule has 2 aromatic rings. The van der Waals surface area contributed by atoms with Crippen LogP contribution in [0, 0.1) is 36.5 Å². The second-order valence-electron chi connectivity index (χ2n) is 10.1. The molecule has 0 radical (unpaired) electrons. The molecule has 5 nitrogen and oxygen atoms in total. The number of carbonyl (C=O) groups is 1. The number of carbonyl (C=O) groups excluding carboxylic acids is 1. The number of hydrogen-bond acceptors (Lipinski definition) is 5. The van der Waals surface area contributed by atoms with Gasteiger partial charge in [-0.05, 0) is 51.8 Å². The third-order valence-corrected chi connectivity index (χ3v) is 7.35. The van der Waals surface area contributed by atoms with E-state index in [9.17, 15) is 15.3 Å². The Morgan fingerprint density at radius 2 is 1.38 bits per heavy atom. The van der Waals surface area contributed by atoms with Gasteiger partial charge in [-0.1, -0.05) is 59.7 Å². The molecule has 0 amide bonds. The summed E-state index contributed by atoms with van der Waals surface area (Å²) in [6.45, 7) is 9.87. The van der Waals surface area contributed by atoms with Gasteiger partial charge in [-0.25, -0.2) is 4.90 Å². The van der Waals surface area contributed by atoms with Gasteiger partial charge in [-0.3, -0.25) is 4.79 Å². The molecule has 34 heavy (non-hydrogen) atoms. The van der Waals surface area contributed by atoms with Gasteiger partial charge in [0.1, 0.15) is 12.1 Å². The number of fused-ring (bicyclic) bond motifs is 1. The molecule has 1 unspecified atom stereocenters. The number of rotatable bonds is 4. The molecule has 2 heterocycles. The van der Waals surface area contributed by atoms with E-state index in [1.807, 2.05) is 113 Å². The fourth-order valence-corrected chi connectivity index (χ4v) is 5.86. The Hall–Kier alpha value is -3.67. The Kier molecular flexibility index (Phi) is 5.31. The fraction of sp³-hybridized carbons (Fsp3) is 0.345. The maximum Gasteiger partial charge on any atom is 0.238 e. The molecule has 0 aliphatic carbocycles. The van der Waals surface area contributed by atoms with Crippen LogP contribution in [0.2, 0.25) is 0 Å². The molecular weight excluding hydrogens is 420 g/mol. The van der Waals surface area contributed by atoms with Crippen molar-refractivity contribution in [2.75, 3.05) is 14.1 Å². The summed E-state index contributed by atoms with van der Waals surface area (Å²) in [5.74, 6) is -0.0881. The van der Waals surface area contributed by atoms with Gasteiger partial charge >= 0.3 is 0 Å². The van der Waals surface area contributed by atoms with E-state index in [1.165, 1.54) is 0 Å². The Morgan fingerprint density at radius 3 is 1.85 bits per heavy atom. The zero-order valence-corrected chi connectivity index (χ0v) is 20.9. The molecular formula is C29H30N4O. The molecule has 0 saturated heterocycles. The summed E-state index contributed by atoms with van der Waals surface area (Å²) >= 11 is 0. The van der Waals surface area contributed by atoms with E-state index >= 15 is 0 Å². The van der Waals surface area contributed by atoms with Crippen molar-refractivity contribution >= 4 is 5.78 Å². The van der Waals surface area contributed by atoms with E-state index in [2.05, 4.69) is 12.1 Å². The van der Waals surface area contributed by atoms with Crippen molar-refractivity contribution in [2.45, 2.75) is 51.2 Å².